The molecule has 0 saturated heterocycles. The number of carbonyl (C=O) groups excluding carboxylic acids is 2. The van der Waals surface area contributed by atoms with Crippen LogP contribution in [0.5, 0.6) is 17.2 Å². The molecular weight excluding hydrogens is 372 g/mol. The third-order valence-corrected chi connectivity index (χ3v) is 4.41. The van der Waals surface area contributed by atoms with Gasteiger partial charge < -0.3 is 19.5 Å². The SMILES string of the molecule is CCCc1nnc(NC(=O)CNC(=O)c2cc(OC)c(OC)c(OC)c2)s1. The second-order valence-electron chi connectivity index (χ2n) is 5.40. The number of ether oxygens (including phenoxy) is 3. The molecule has 0 saturated carbocycles. The van der Waals surface area contributed by atoms with Crippen LogP contribution in [0.2, 0.25) is 0 Å². The molecule has 2 amide bonds. The van der Waals surface area contributed by atoms with Gasteiger partial charge >= 0.3 is 0 Å². The van der Waals surface area contributed by atoms with E-state index >= 15 is 0 Å². The van der Waals surface area contributed by atoms with E-state index in [1.165, 1.54) is 44.8 Å². The Morgan fingerprint density at radius 2 is 1.74 bits per heavy atom. The molecule has 2 rings (SSSR count). The highest BCUT2D eigenvalue weighted by molar-refractivity contribution is 7.15. The fourth-order valence-corrected chi connectivity index (χ4v) is 3.11. The molecule has 1 aromatic carbocycles. The van der Waals surface area contributed by atoms with E-state index in [1.807, 2.05) is 6.92 Å². The molecule has 2 aromatic rings. The van der Waals surface area contributed by atoms with Crippen LogP contribution < -0.4 is 24.8 Å². The molecule has 0 spiro atoms. The molecule has 10 heteroatoms. The van der Waals surface area contributed by atoms with E-state index < -0.39 is 11.8 Å². The number of rotatable bonds is 9. The maximum absolute atomic E-state index is 12.4. The molecule has 0 radical (unpaired) electrons. The van der Waals surface area contributed by atoms with Gasteiger partial charge in [0.2, 0.25) is 16.8 Å². The molecule has 1 heterocycles. The van der Waals surface area contributed by atoms with Gasteiger partial charge in [-0.1, -0.05) is 18.3 Å². The van der Waals surface area contributed by atoms with Crippen molar-refractivity contribution in [3.63, 3.8) is 0 Å². The first kappa shape index (κ1) is 20.4. The van der Waals surface area contributed by atoms with Crippen molar-refractivity contribution >= 4 is 28.3 Å². The van der Waals surface area contributed by atoms with Gasteiger partial charge in [0.15, 0.2) is 11.5 Å². The zero-order chi connectivity index (χ0) is 19.8. The Bertz CT molecular complexity index is 783. The fraction of sp³-hybridized carbons (Fsp3) is 0.412. The lowest BCUT2D eigenvalue weighted by atomic mass is 10.1. The molecular formula is C17H22N4O5S. The quantitative estimate of drug-likeness (QED) is 0.668. The summed E-state index contributed by atoms with van der Waals surface area (Å²) < 4.78 is 15.7. The number of aromatic nitrogens is 2. The Morgan fingerprint density at radius 3 is 2.30 bits per heavy atom. The summed E-state index contributed by atoms with van der Waals surface area (Å²) in [6.07, 6.45) is 1.76. The second kappa shape index (κ2) is 9.72. The number of aryl methyl sites for hydroxylation is 1. The Balaban J connectivity index is 1.99. The first-order chi connectivity index (χ1) is 13.0. The smallest absolute Gasteiger partial charge is 0.251 e. The minimum atomic E-state index is -0.451. The van der Waals surface area contributed by atoms with Crippen LogP contribution in [0.1, 0.15) is 28.7 Å². The van der Waals surface area contributed by atoms with Gasteiger partial charge in [-0.05, 0) is 18.6 Å². The van der Waals surface area contributed by atoms with Crippen LogP contribution in [0.25, 0.3) is 0 Å². The van der Waals surface area contributed by atoms with Gasteiger partial charge in [-0.2, -0.15) is 0 Å². The molecule has 0 fully saturated rings. The third-order valence-electron chi connectivity index (χ3n) is 3.51. The lowest BCUT2D eigenvalue weighted by Crippen LogP contribution is -2.32. The van der Waals surface area contributed by atoms with E-state index in [-0.39, 0.29) is 12.1 Å². The zero-order valence-electron chi connectivity index (χ0n) is 15.6. The van der Waals surface area contributed by atoms with Crippen LogP contribution in [0, 0.1) is 0 Å². The van der Waals surface area contributed by atoms with Gasteiger partial charge in [0.1, 0.15) is 5.01 Å². The number of carbonyl (C=O) groups is 2. The van der Waals surface area contributed by atoms with Crippen LogP contribution in [-0.2, 0) is 11.2 Å². The molecule has 0 unspecified atom stereocenters. The van der Waals surface area contributed by atoms with E-state index in [2.05, 4.69) is 20.8 Å². The van der Waals surface area contributed by atoms with Gasteiger partial charge in [-0.3, -0.25) is 14.9 Å². The standard InChI is InChI=1S/C17H22N4O5S/c1-5-6-14-20-21-17(27-14)19-13(22)9-18-16(23)10-7-11(24-2)15(26-4)12(8-10)25-3/h7-8H,5-6,9H2,1-4H3,(H,18,23)(H,19,21,22). The topological polar surface area (TPSA) is 112 Å². The minimum absolute atomic E-state index is 0.210. The summed E-state index contributed by atoms with van der Waals surface area (Å²) in [7, 11) is 4.40. The highest BCUT2D eigenvalue weighted by Crippen LogP contribution is 2.38. The van der Waals surface area contributed by atoms with Crippen molar-refractivity contribution in [1.82, 2.24) is 15.5 Å². The van der Waals surface area contributed by atoms with Gasteiger partial charge in [0, 0.05) is 12.0 Å². The maximum atomic E-state index is 12.4. The van der Waals surface area contributed by atoms with Crippen molar-refractivity contribution in [1.29, 1.82) is 0 Å². The molecule has 0 aliphatic heterocycles. The number of benzene rings is 1. The Hall–Kier alpha value is -2.88. The van der Waals surface area contributed by atoms with E-state index in [0.717, 1.165) is 17.8 Å². The minimum Gasteiger partial charge on any atom is -0.493 e. The molecule has 146 valence electrons. The highest BCUT2D eigenvalue weighted by Gasteiger charge is 2.17. The predicted molar refractivity (Wildman–Crippen MR) is 101 cm³/mol. The number of anilines is 1. The molecule has 0 aliphatic rings. The summed E-state index contributed by atoms with van der Waals surface area (Å²) in [5, 5.41) is 14.3. The lowest BCUT2D eigenvalue weighted by molar-refractivity contribution is -0.115. The van der Waals surface area contributed by atoms with Crippen LogP contribution in [0.3, 0.4) is 0 Å². The van der Waals surface area contributed by atoms with Crippen molar-refractivity contribution in [2.75, 3.05) is 33.2 Å². The monoisotopic (exact) mass is 394 g/mol. The van der Waals surface area contributed by atoms with E-state index in [1.54, 1.807) is 0 Å². The molecule has 27 heavy (non-hydrogen) atoms. The van der Waals surface area contributed by atoms with E-state index in [9.17, 15) is 9.59 Å². The second-order valence-corrected chi connectivity index (χ2v) is 6.46. The molecule has 9 nitrogen and oxygen atoms in total. The molecule has 0 bridgehead atoms. The van der Waals surface area contributed by atoms with Crippen molar-refractivity contribution in [3.05, 3.63) is 22.7 Å². The number of nitrogens with one attached hydrogen (secondary N) is 2. The summed E-state index contributed by atoms with van der Waals surface area (Å²) in [6, 6.07) is 3.02. The van der Waals surface area contributed by atoms with Crippen molar-refractivity contribution < 1.29 is 23.8 Å². The zero-order valence-corrected chi connectivity index (χ0v) is 16.4. The Kier molecular flexibility index (Phi) is 7.35. The maximum Gasteiger partial charge on any atom is 0.251 e. The van der Waals surface area contributed by atoms with Crippen LogP contribution in [0.15, 0.2) is 12.1 Å². The number of hydrogen-bond acceptors (Lipinski definition) is 8. The van der Waals surface area contributed by atoms with Crippen LogP contribution in [0.4, 0.5) is 5.13 Å². The first-order valence-corrected chi connectivity index (χ1v) is 9.04. The fourth-order valence-electron chi connectivity index (χ4n) is 2.26. The predicted octanol–water partition coefficient (Wildman–Crippen LogP) is 1.88. The number of hydrogen-bond donors (Lipinski definition) is 2. The average molecular weight is 394 g/mol. The van der Waals surface area contributed by atoms with Crippen molar-refractivity contribution in [3.8, 4) is 17.2 Å². The Morgan fingerprint density at radius 1 is 1.07 bits per heavy atom. The molecule has 0 atom stereocenters. The molecule has 1 aromatic heterocycles. The number of methoxy groups -OCH3 is 3. The third kappa shape index (κ3) is 5.30. The normalized spacial score (nSPS) is 10.2. The van der Waals surface area contributed by atoms with Gasteiger partial charge in [0.05, 0.1) is 27.9 Å². The summed E-state index contributed by atoms with van der Waals surface area (Å²) >= 11 is 1.32. The molecule has 2 N–H and O–H groups in total. The summed E-state index contributed by atoms with van der Waals surface area (Å²) in [5.41, 5.74) is 0.276. The van der Waals surface area contributed by atoms with E-state index in [0.29, 0.717) is 22.4 Å². The Labute approximate surface area is 161 Å². The van der Waals surface area contributed by atoms with Gasteiger partial charge in [0.25, 0.3) is 5.91 Å². The summed E-state index contributed by atoms with van der Waals surface area (Å²) in [6.45, 7) is 1.83. The average Bonchev–Trinajstić information content (AvgIpc) is 3.11. The highest BCUT2D eigenvalue weighted by atomic mass is 32.1. The van der Waals surface area contributed by atoms with Crippen molar-refractivity contribution in [2.45, 2.75) is 19.8 Å². The number of nitrogens with zero attached hydrogens (tertiary/aromatic N) is 2. The summed E-state index contributed by atoms with van der Waals surface area (Å²) in [5.74, 6) is 0.240. The van der Waals surface area contributed by atoms with Gasteiger partial charge in [-0.25, -0.2) is 0 Å². The summed E-state index contributed by atoms with van der Waals surface area (Å²) in [4.78, 5) is 24.4. The van der Waals surface area contributed by atoms with E-state index in [4.69, 9.17) is 14.2 Å². The number of amides is 2. The largest absolute Gasteiger partial charge is 0.493 e. The van der Waals surface area contributed by atoms with Crippen LogP contribution in [-0.4, -0.2) is 49.9 Å². The molecule has 0 aliphatic carbocycles. The van der Waals surface area contributed by atoms with Crippen molar-refractivity contribution in [2.24, 2.45) is 0 Å². The lowest BCUT2D eigenvalue weighted by Gasteiger charge is -2.14. The first-order valence-electron chi connectivity index (χ1n) is 8.22. The van der Waals surface area contributed by atoms with Gasteiger partial charge in [-0.15, -0.1) is 10.2 Å². The van der Waals surface area contributed by atoms with Crippen LogP contribution >= 0.6 is 11.3 Å².